The quantitative estimate of drug-likeness (QED) is 0.293. The second kappa shape index (κ2) is 14.0. The molecular weight excluding hydrogens is 532 g/mol. The third-order valence-corrected chi connectivity index (χ3v) is 9.12. The monoisotopic (exact) mass is 569 g/mol. The number of nitrogens with one attached hydrogen (secondary N) is 2. The summed E-state index contributed by atoms with van der Waals surface area (Å²) in [5.41, 5.74) is 3.18. The van der Waals surface area contributed by atoms with Crippen molar-refractivity contribution >= 4 is 15.9 Å². The lowest BCUT2D eigenvalue weighted by Crippen LogP contribution is -2.38. The molecule has 3 aromatic rings. The highest BCUT2D eigenvalue weighted by atomic mass is 32.2. The number of halogens is 2. The van der Waals surface area contributed by atoms with Crippen LogP contribution in [0, 0.1) is 11.6 Å². The van der Waals surface area contributed by atoms with Crippen LogP contribution < -0.4 is 10.6 Å². The summed E-state index contributed by atoms with van der Waals surface area (Å²) in [5.74, 6) is -1.71. The Hall–Kier alpha value is -3.14. The van der Waals surface area contributed by atoms with E-state index in [0.29, 0.717) is 43.7 Å². The van der Waals surface area contributed by atoms with Crippen LogP contribution in [0.2, 0.25) is 0 Å². The molecular formula is C31H37F2N3O3S. The Morgan fingerprint density at radius 1 is 0.900 bits per heavy atom. The van der Waals surface area contributed by atoms with Crippen LogP contribution in [-0.2, 0) is 29.4 Å². The van der Waals surface area contributed by atoms with Gasteiger partial charge in [0.25, 0.3) is 5.91 Å². The van der Waals surface area contributed by atoms with Gasteiger partial charge in [-0.1, -0.05) is 37.6 Å². The summed E-state index contributed by atoms with van der Waals surface area (Å²) in [7, 11) is -3.60. The molecule has 2 N–H and O–H groups in total. The first kappa shape index (κ1) is 29.8. The zero-order valence-electron chi connectivity index (χ0n) is 22.8. The van der Waals surface area contributed by atoms with Gasteiger partial charge < -0.3 is 10.6 Å². The molecule has 1 amide bonds. The average Bonchev–Trinajstić information content (AvgIpc) is 2.95. The number of carbonyl (C=O) groups excluding carboxylic acids is 1. The van der Waals surface area contributed by atoms with Crippen molar-refractivity contribution in [2.45, 2.75) is 62.9 Å². The third-order valence-electron chi connectivity index (χ3n) is 7.21. The van der Waals surface area contributed by atoms with Crippen LogP contribution in [0.3, 0.4) is 0 Å². The van der Waals surface area contributed by atoms with Crippen molar-refractivity contribution in [3.63, 3.8) is 0 Å². The first-order valence-electron chi connectivity index (χ1n) is 13.9. The molecule has 0 aliphatic carbocycles. The highest BCUT2D eigenvalue weighted by molar-refractivity contribution is 7.89. The lowest BCUT2D eigenvalue weighted by molar-refractivity contribution is 0.0934. The minimum Gasteiger partial charge on any atom is -0.349 e. The van der Waals surface area contributed by atoms with Gasteiger partial charge >= 0.3 is 0 Å². The van der Waals surface area contributed by atoms with E-state index in [1.165, 1.54) is 46.3 Å². The minimum absolute atomic E-state index is 0.161. The Morgan fingerprint density at radius 3 is 2.25 bits per heavy atom. The summed E-state index contributed by atoms with van der Waals surface area (Å²) in [5, 5.41) is 6.36. The van der Waals surface area contributed by atoms with Gasteiger partial charge in [0.15, 0.2) is 0 Å². The normalized spacial score (nSPS) is 15.1. The van der Waals surface area contributed by atoms with Crippen LogP contribution >= 0.6 is 0 Å². The van der Waals surface area contributed by atoms with Gasteiger partial charge in [0.1, 0.15) is 11.6 Å². The van der Waals surface area contributed by atoms with Gasteiger partial charge in [-0.05, 0) is 91.7 Å². The standard InChI is InChI=1S/C31H37F2N3O3S/c1-2-23-7-6-8-24(17-23)22-34-14-13-29(20-25-18-27(32)21-28(33)19-25)35-31(37)26-9-11-30(12-10-26)40(38,39)36-15-4-3-5-16-36/h6-12,17-19,21,29,34H,2-5,13-16,20,22H2,1H3,(H,35,37)/t29-/m1/s1. The first-order valence-corrected chi connectivity index (χ1v) is 15.3. The van der Waals surface area contributed by atoms with Crippen molar-refractivity contribution in [2.24, 2.45) is 0 Å². The van der Waals surface area contributed by atoms with E-state index >= 15 is 0 Å². The molecule has 3 aromatic carbocycles. The van der Waals surface area contributed by atoms with E-state index in [1.54, 1.807) is 0 Å². The topological polar surface area (TPSA) is 78.5 Å². The summed E-state index contributed by atoms with van der Waals surface area (Å²) in [4.78, 5) is 13.3. The number of sulfonamides is 1. The van der Waals surface area contributed by atoms with E-state index in [4.69, 9.17) is 0 Å². The summed E-state index contributed by atoms with van der Waals surface area (Å²) in [6.07, 6.45) is 4.44. The molecule has 0 saturated carbocycles. The fourth-order valence-corrected chi connectivity index (χ4v) is 6.53. The van der Waals surface area contributed by atoms with Crippen LogP contribution in [0.25, 0.3) is 0 Å². The number of benzene rings is 3. The largest absolute Gasteiger partial charge is 0.349 e. The summed E-state index contributed by atoms with van der Waals surface area (Å²) < 4.78 is 55.1. The summed E-state index contributed by atoms with van der Waals surface area (Å²) in [6.45, 7) is 4.36. The maximum atomic E-state index is 13.8. The molecule has 0 bridgehead atoms. The second-order valence-electron chi connectivity index (χ2n) is 10.3. The van der Waals surface area contributed by atoms with E-state index < -0.39 is 27.7 Å². The molecule has 214 valence electrons. The number of aryl methyl sites for hydroxylation is 1. The van der Waals surface area contributed by atoms with E-state index in [0.717, 1.165) is 37.3 Å². The van der Waals surface area contributed by atoms with E-state index in [1.807, 2.05) is 6.07 Å². The van der Waals surface area contributed by atoms with E-state index in [2.05, 4.69) is 35.8 Å². The lowest BCUT2D eigenvalue weighted by Gasteiger charge is -2.26. The van der Waals surface area contributed by atoms with Crippen molar-refractivity contribution in [3.8, 4) is 0 Å². The number of hydrogen-bond donors (Lipinski definition) is 2. The molecule has 0 unspecified atom stereocenters. The Labute approximate surface area is 235 Å². The number of rotatable bonds is 12. The third kappa shape index (κ3) is 8.19. The number of piperidine rings is 1. The predicted octanol–water partition coefficient (Wildman–Crippen LogP) is 5.22. The maximum absolute atomic E-state index is 13.8. The van der Waals surface area contributed by atoms with Crippen molar-refractivity contribution < 1.29 is 22.0 Å². The molecule has 1 atom stereocenters. The SMILES string of the molecule is CCc1cccc(CNCC[C@H](Cc2cc(F)cc(F)c2)NC(=O)c2ccc(S(=O)(=O)N3CCCCC3)cc2)c1. The van der Waals surface area contributed by atoms with Crippen molar-refractivity contribution in [1.82, 2.24) is 14.9 Å². The Kier molecular flexibility index (Phi) is 10.4. The van der Waals surface area contributed by atoms with Crippen molar-refractivity contribution in [1.29, 1.82) is 0 Å². The Bertz CT molecular complexity index is 1370. The van der Waals surface area contributed by atoms with Crippen LogP contribution in [0.5, 0.6) is 0 Å². The number of hydrogen-bond acceptors (Lipinski definition) is 4. The van der Waals surface area contributed by atoms with Crippen LogP contribution in [0.15, 0.2) is 71.6 Å². The van der Waals surface area contributed by atoms with Gasteiger partial charge in [-0.2, -0.15) is 4.31 Å². The van der Waals surface area contributed by atoms with Gasteiger partial charge in [0, 0.05) is 37.3 Å². The smallest absolute Gasteiger partial charge is 0.251 e. The number of nitrogens with zero attached hydrogens (tertiary/aromatic N) is 1. The second-order valence-corrected chi connectivity index (χ2v) is 12.2. The molecule has 1 heterocycles. The van der Waals surface area contributed by atoms with E-state index in [9.17, 15) is 22.0 Å². The van der Waals surface area contributed by atoms with Gasteiger partial charge in [0.05, 0.1) is 4.90 Å². The molecule has 0 radical (unpaired) electrons. The van der Waals surface area contributed by atoms with Crippen LogP contribution in [0.1, 0.15) is 59.7 Å². The van der Waals surface area contributed by atoms with Gasteiger partial charge in [0.2, 0.25) is 10.0 Å². The zero-order chi connectivity index (χ0) is 28.5. The van der Waals surface area contributed by atoms with Crippen molar-refractivity contribution in [2.75, 3.05) is 19.6 Å². The molecule has 1 aliphatic heterocycles. The van der Waals surface area contributed by atoms with Crippen LogP contribution in [0.4, 0.5) is 8.78 Å². The molecule has 4 rings (SSSR count). The Morgan fingerprint density at radius 2 is 1.57 bits per heavy atom. The number of carbonyl (C=O) groups is 1. The highest BCUT2D eigenvalue weighted by Crippen LogP contribution is 2.21. The molecule has 9 heteroatoms. The molecule has 0 aromatic heterocycles. The minimum atomic E-state index is -3.60. The maximum Gasteiger partial charge on any atom is 0.251 e. The summed E-state index contributed by atoms with van der Waals surface area (Å²) >= 11 is 0. The Balaban J connectivity index is 1.41. The lowest BCUT2D eigenvalue weighted by atomic mass is 10.0. The number of amides is 1. The molecule has 40 heavy (non-hydrogen) atoms. The summed E-state index contributed by atoms with van der Waals surface area (Å²) in [6, 6.07) is 17.2. The van der Waals surface area contributed by atoms with E-state index in [-0.39, 0.29) is 17.2 Å². The fourth-order valence-electron chi connectivity index (χ4n) is 5.01. The molecule has 1 aliphatic rings. The van der Waals surface area contributed by atoms with Gasteiger partial charge in [-0.3, -0.25) is 4.79 Å². The highest BCUT2D eigenvalue weighted by Gasteiger charge is 2.26. The molecule has 1 fully saturated rings. The van der Waals surface area contributed by atoms with Crippen molar-refractivity contribution in [3.05, 3.63) is 101 Å². The molecule has 6 nitrogen and oxygen atoms in total. The molecule has 0 spiro atoms. The van der Waals surface area contributed by atoms with Gasteiger partial charge in [-0.15, -0.1) is 0 Å². The average molecular weight is 570 g/mol. The van der Waals surface area contributed by atoms with Gasteiger partial charge in [-0.25, -0.2) is 17.2 Å². The fraction of sp³-hybridized carbons (Fsp3) is 0.387. The predicted molar refractivity (Wildman–Crippen MR) is 153 cm³/mol. The molecule has 1 saturated heterocycles. The van der Waals surface area contributed by atoms with Crippen LogP contribution in [-0.4, -0.2) is 44.3 Å². The first-order chi connectivity index (χ1) is 19.2. The zero-order valence-corrected chi connectivity index (χ0v) is 23.7.